The number of unbranched alkanes of at least 4 members (excludes halogenated alkanes) is 3. The highest BCUT2D eigenvalue weighted by Gasteiger charge is 2.36. The van der Waals surface area contributed by atoms with Crippen LogP contribution in [0.3, 0.4) is 0 Å². The number of aromatic nitrogens is 1. The molecule has 2 aromatic carbocycles. The number of amides is 1. The van der Waals surface area contributed by atoms with Crippen molar-refractivity contribution in [2.45, 2.75) is 72.8 Å². The number of rotatable bonds is 17. The number of azo groups is 2. The van der Waals surface area contributed by atoms with Crippen LogP contribution in [0.1, 0.15) is 71.8 Å². The van der Waals surface area contributed by atoms with Crippen LogP contribution in [0.4, 0.5) is 28.7 Å². The lowest BCUT2D eigenvalue weighted by Gasteiger charge is -2.24. The minimum Gasteiger partial charge on any atom is -0.372 e. The molecule has 0 atom stereocenters. The maximum absolute atomic E-state index is 13.3. The molecule has 0 bridgehead atoms. The van der Waals surface area contributed by atoms with Gasteiger partial charge in [-0.1, -0.05) is 58.2 Å². The second kappa shape index (κ2) is 19.2. The topological polar surface area (TPSA) is 149 Å². The van der Waals surface area contributed by atoms with Gasteiger partial charge in [-0.2, -0.15) is 15.8 Å². The molecule has 11 heteroatoms. The van der Waals surface area contributed by atoms with E-state index in [1.54, 1.807) is 24.3 Å². The second-order valence-electron chi connectivity index (χ2n) is 12.0. The van der Waals surface area contributed by atoms with E-state index >= 15 is 0 Å². The molecule has 2 heterocycles. The summed E-state index contributed by atoms with van der Waals surface area (Å²) in [6.07, 6.45) is 9.44. The lowest BCUT2D eigenvalue weighted by molar-refractivity contribution is -0.124. The van der Waals surface area contributed by atoms with Crippen molar-refractivity contribution in [3.63, 3.8) is 0 Å². The summed E-state index contributed by atoms with van der Waals surface area (Å²) in [5, 5.41) is 46.7. The van der Waals surface area contributed by atoms with Crippen molar-refractivity contribution in [2.24, 2.45) is 20.5 Å². The van der Waals surface area contributed by atoms with Crippen LogP contribution in [0.5, 0.6) is 0 Å². The molecule has 0 radical (unpaired) electrons. The maximum atomic E-state index is 13.3. The fourth-order valence-corrected chi connectivity index (χ4v) is 5.60. The van der Waals surface area contributed by atoms with Crippen LogP contribution in [0, 0.1) is 34.0 Å². The fourth-order valence-electron chi connectivity index (χ4n) is 5.60. The number of carbonyl (C=O) groups excluding carboxylic acids is 1. The Morgan fingerprint density at radius 3 is 1.76 bits per heavy atom. The van der Waals surface area contributed by atoms with Crippen LogP contribution in [0.15, 0.2) is 110 Å². The quantitative estimate of drug-likeness (QED) is 0.103. The van der Waals surface area contributed by atoms with Crippen molar-refractivity contribution in [3.8, 4) is 18.2 Å². The third-order valence-electron chi connectivity index (χ3n) is 8.46. The molecular formula is C40H44N10O. The van der Waals surface area contributed by atoms with Gasteiger partial charge in [-0.3, -0.25) is 4.79 Å². The summed E-state index contributed by atoms with van der Waals surface area (Å²) in [4.78, 5) is 17.1. The first-order valence-corrected chi connectivity index (χ1v) is 17.6. The molecule has 11 nitrogen and oxygen atoms in total. The molecule has 0 saturated heterocycles. The number of allylic oxidation sites excluding steroid dienone is 2. The Kier molecular flexibility index (Phi) is 14.2. The van der Waals surface area contributed by atoms with Crippen molar-refractivity contribution in [2.75, 3.05) is 24.5 Å². The number of nitriles is 3. The molecule has 0 fully saturated rings. The van der Waals surface area contributed by atoms with E-state index in [0.29, 0.717) is 36.8 Å². The summed E-state index contributed by atoms with van der Waals surface area (Å²) in [5.74, 6) is 0.927. The van der Waals surface area contributed by atoms with E-state index in [-0.39, 0.29) is 22.4 Å². The minimum atomic E-state index is -0.401. The zero-order valence-corrected chi connectivity index (χ0v) is 29.9. The number of carbonyl (C=O) groups is 1. The minimum absolute atomic E-state index is 0.0264. The highest BCUT2D eigenvalue weighted by Crippen LogP contribution is 2.33. The average molecular weight is 681 g/mol. The summed E-state index contributed by atoms with van der Waals surface area (Å²) >= 11 is 0. The predicted molar refractivity (Wildman–Crippen MR) is 200 cm³/mol. The third-order valence-corrected chi connectivity index (χ3v) is 8.46. The van der Waals surface area contributed by atoms with Crippen molar-refractivity contribution < 1.29 is 4.79 Å². The Bertz CT molecular complexity index is 1920. The van der Waals surface area contributed by atoms with Gasteiger partial charge >= 0.3 is 0 Å². The predicted octanol–water partition coefficient (Wildman–Crippen LogP) is 10.5. The van der Waals surface area contributed by atoms with E-state index in [0.717, 1.165) is 30.8 Å². The van der Waals surface area contributed by atoms with Crippen molar-refractivity contribution in [1.82, 2.24) is 9.47 Å². The highest BCUT2D eigenvalue weighted by atomic mass is 16.2. The molecule has 0 N–H and O–H groups in total. The molecule has 260 valence electrons. The average Bonchev–Trinajstić information content (AvgIpc) is 3.68. The summed E-state index contributed by atoms with van der Waals surface area (Å²) < 4.78 is 1.94. The second-order valence-corrected chi connectivity index (χ2v) is 12.0. The first-order chi connectivity index (χ1) is 24.9. The SMILES string of the molecule is CCCCN1C(=O)C(/C=C/c2ccc(N=Nc3ccc(N=Nc4ccc(N(CCCC)CCCC)cc4)n3CC)cc2)=C(C#N)C1=C(C#N)C#N. The van der Waals surface area contributed by atoms with Gasteiger partial charge in [0.1, 0.15) is 18.2 Å². The lowest BCUT2D eigenvalue weighted by Crippen LogP contribution is -2.27. The van der Waals surface area contributed by atoms with Gasteiger partial charge in [0.2, 0.25) is 0 Å². The van der Waals surface area contributed by atoms with Crippen molar-refractivity contribution in [1.29, 1.82) is 15.8 Å². The van der Waals surface area contributed by atoms with Crippen LogP contribution in [0.2, 0.25) is 0 Å². The molecule has 1 amide bonds. The first kappa shape index (κ1) is 37.7. The number of hydrogen-bond donors (Lipinski definition) is 0. The fraction of sp³-hybridized carbons (Fsp3) is 0.350. The number of benzene rings is 2. The van der Waals surface area contributed by atoms with Crippen LogP contribution < -0.4 is 4.90 Å². The third kappa shape index (κ3) is 9.53. The molecule has 1 aliphatic rings. The smallest absolute Gasteiger partial charge is 0.259 e. The molecule has 0 saturated carbocycles. The van der Waals surface area contributed by atoms with Crippen LogP contribution in [0.25, 0.3) is 6.08 Å². The molecule has 0 spiro atoms. The number of hydrogen-bond acceptors (Lipinski definition) is 9. The summed E-state index contributed by atoms with van der Waals surface area (Å²) in [7, 11) is 0. The Morgan fingerprint density at radius 2 is 1.27 bits per heavy atom. The Morgan fingerprint density at radius 1 is 0.725 bits per heavy atom. The highest BCUT2D eigenvalue weighted by molar-refractivity contribution is 6.05. The lowest BCUT2D eigenvalue weighted by atomic mass is 10.1. The van der Waals surface area contributed by atoms with Gasteiger partial charge in [0.25, 0.3) is 5.91 Å². The molecule has 0 aliphatic carbocycles. The van der Waals surface area contributed by atoms with E-state index in [4.69, 9.17) is 0 Å². The molecule has 0 unspecified atom stereocenters. The van der Waals surface area contributed by atoms with Gasteiger partial charge in [-0.25, -0.2) is 0 Å². The van der Waals surface area contributed by atoms with Crippen LogP contribution >= 0.6 is 0 Å². The largest absolute Gasteiger partial charge is 0.372 e. The molecule has 4 rings (SSSR count). The first-order valence-electron chi connectivity index (χ1n) is 17.6. The van der Waals surface area contributed by atoms with Gasteiger partial charge in [0, 0.05) is 31.9 Å². The Hall–Kier alpha value is -6.12. The summed E-state index contributed by atoms with van der Waals surface area (Å²) in [6.45, 7) is 11.5. The zero-order chi connectivity index (χ0) is 36.6. The summed E-state index contributed by atoms with van der Waals surface area (Å²) in [6, 6.07) is 24.9. The Labute approximate surface area is 300 Å². The monoisotopic (exact) mass is 680 g/mol. The van der Waals surface area contributed by atoms with Crippen LogP contribution in [-0.2, 0) is 11.3 Å². The molecule has 3 aromatic rings. The molecular weight excluding hydrogens is 637 g/mol. The molecule has 1 aliphatic heterocycles. The van der Waals surface area contributed by atoms with Gasteiger partial charge in [-0.15, -0.1) is 20.5 Å². The Balaban J connectivity index is 1.46. The van der Waals surface area contributed by atoms with Crippen molar-refractivity contribution in [3.05, 3.63) is 94.7 Å². The van der Waals surface area contributed by atoms with E-state index in [1.165, 1.54) is 36.3 Å². The van der Waals surface area contributed by atoms with E-state index in [9.17, 15) is 20.6 Å². The standard InChI is InChI=1S/C40H44N10O/c1-5-9-24-48(25-10-6-2)34-19-17-33(18-20-34)45-47-38-23-22-37(49(38)8-4)46-44-32-15-12-30(13-16-32)14-21-35-36(29-43)39(31(27-41)28-42)50(40(35)51)26-11-7-3/h12-23H,5-11,24-26H2,1-4H3/b21-14+,46-44?,47-45?. The van der Waals surface area contributed by atoms with Gasteiger partial charge in [0.05, 0.1) is 28.2 Å². The van der Waals surface area contributed by atoms with E-state index in [2.05, 4.69) is 51.3 Å². The molecule has 51 heavy (non-hydrogen) atoms. The summed E-state index contributed by atoms with van der Waals surface area (Å²) in [5.41, 5.74) is 3.39. The number of anilines is 1. The van der Waals surface area contributed by atoms with E-state index in [1.807, 2.05) is 73.0 Å². The van der Waals surface area contributed by atoms with Gasteiger partial charge in [-0.05, 0) is 86.4 Å². The van der Waals surface area contributed by atoms with Gasteiger partial charge < -0.3 is 14.4 Å². The van der Waals surface area contributed by atoms with Crippen molar-refractivity contribution >= 4 is 40.7 Å². The number of nitrogens with zero attached hydrogens (tertiary/aromatic N) is 10. The molecule has 1 aromatic heterocycles. The van der Waals surface area contributed by atoms with Crippen LogP contribution in [-0.4, -0.2) is 35.0 Å². The normalized spacial score (nSPS) is 13.1. The maximum Gasteiger partial charge on any atom is 0.259 e. The van der Waals surface area contributed by atoms with E-state index < -0.39 is 5.91 Å². The van der Waals surface area contributed by atoms with Gasteiger partial charge in [0.15, 0.2) is 17.2 Å². The zero-order valence-electron chi connectivity index (χ0n) is 29.9.